The molecule has 0 bridgehead atoms. The van der Waals surface area contributed by atoms with Gasteiger partial charge in [-0.1, -0.05) is 0 Å². The van der Waals surface area contributed by atoms with E-state index in [0.717, 1.165) is 16.3 Å². The number of nitrogens with one attached hydrogen (secondary N) is 1. The van der Waals surface area contributed by atoms with Crippen LogP contribution in [0.15, 0.2) is 29.6 Å². The first-order chi connectivity index (χ1) is 12.1. The van der Waals surface area contributed by atoms with E-state index < -0.39 is 0 Å². The zero-order chi connectivity index (χ0) is 19.3. The molecule has 1 heterocycles. The molecule has 1 aromatic heterocycles. The minimum atomic E-state index is -0.324. The van der Waals surface area contributed by atoms with Gasteiger partial charge in [0.25, 0.3) is 5.91 Å². The van der Waals surface area contributed by atoms with Gasteiger partial charge in [-0.15, -0.1) is 11.3 Å². The molecule has 1 aromatic carbocycles. The highest BCUT2D eigenvalue weighted by molar-refractivity contribution is 7.13. The lowest BCUT2D eigenvalue weighted by Gasteiger charge is -2.23. The molecule has 0 spiro atoms. The predicted molar refractivity (Wildman–Crippen MR) is 103 cm³/mol. The predicted octanol–water partition coefficient (Wildman–Crippen LogP) is 2.87. The third-order valence-electron chi connectivity index (χ3n) is 3.40. The van der Waals surface area contributed by atoms with E-state index in [2.05, 4.69) is 10.3 Å². The Hall–Kier alpha value is -2.41. The van der Waals surface area contributed by atoms with Crippen molar-refractivity contribution in [2.24, 2.45) is 0 Å². The maximum atomic E-state index is 12.1. The van der Waals surface area contributed by atoms with E-state index in [4.69, 9.17) is 4.74 Å². The standard InChI is InChI=1S/C19H25N3O3S/c1-13-12-26-18(20-13)14-6-8-15(9-7-14)25-11-17(24)22(5)10-16(23)21-19(2,3)4/h6-9,12H,10-11H2,1-5H3,(H,21,23). The van der Waals surface area contributed by atoms with Crippen LogP contribution in [-0.2, 0) is 9.59 Å². The summed E-state index contributed by atoms with van der Waals surface area (Å²) in [5, 5.41) is 5.78. The summed E-state index contributed by atoms with van der Waals surface area (Å²) in [6, 6.07) is 7.45. The summed E-state index contributed by atoms with van der Waals surface area (Å²) < 4.78 is 5.53. The van der Waals surface area contributed by atoms with Gasteiger partial charge in [-0.25, -0.2) is 4.98 Å². The molecular weight excluding hydrogens is 350 g/mol. The number of hydrogen-bond donors (Lipinski definition) is 1. The summed E-state index contributed by atoms with van der Waals surface area (Å²) in [4.78, 5) is 29.8. The van der Waals surface area contributed by atoms with Gasteiger partial charge in [-0.05, 0) is 52.0 Å². The molecule has 0 saturated heterocycles. The molecule has 0 aliphatic rings. The first-order valence-electron chi connectivity index (χ1n) is 8.34. The normalized spacial score (nSPS) is 11.1. The summed E-state index contributed by atoms with van der Waals surface area (Å²) in [7, 11) is 1.59. The maximum absolute atomic E-state index is 12.1. The fraction of sp³-hybridized carbons (Fsp3) is 0.421. The minimum absolute atomic E-state index is 0.00179. The molecule has 0 saturated carbocycles. The highest BCUT2D eigenvalue weighted by Gasteiger charge is 2.18. The molecule has 6 nitrogen and oxygen atoms in total. The molecule has 0 fully saturated rings. The van der Waals surface area contributed by atoms with Crippen molar-refractivity contribution in [3.63, 3.8) is 0 Å². The lowest BCUT2D eigenvalue weighted by Crippen LogP contribution is -2.47. The topological polar surface area (TPSA) is 71.5 Å². The number of carbonyl (C=O) groups is 2. The second-order valence-corrected chi connectivity index (χ2v) is 8.01. The van der Waals surface area contributed by atoms with E-state index in [1.54, 1.807) is 18.4 Å². The van der Waals surface area contributed by atoms with Gasteiger partial charge in [-0.3, -0.25) is 9.59 Å². The number of aromatic nitrogens is 1. The lowest BCUT2D eigenvalue weighted by atomic mass is 10.1. The van der Waals surface area contributed by atoms with E-state index >= 15 is 0 Å². The molecule has 26 heavy (non-hydrogen) atoms. The van der Waals surface area contributed by atoms with E-state index in [1.165, 1.54) is 4.90 Å². The quantitative estimate of drug-likeness (QED) is 0.843. The van der Waals surface area contributed by atoms with Crippen LogP contribution in [0.2, 0.25) is 0 Å². The number of aryl methyl sites for hydroxylation is 1. The second-order valence-electron chi connectivity index (χ2n) is 7.16. The van der Waals surface area contributed by atoms with Gasteiger partial charge in [0.1, 0.15) is 10.8 Å². The summed E-state index contributed by atoms with van der Waals surface area (Å²) in [6.07, 6.45) is 0. The largest absolute Gasteiger partial charge is 0.484 e. The van der Waals surface area contributed by atoms with Crippen LogP contribution in [0.4, 0.5) is 0 Å². The average molecular weight is 375 g/mol. The fourth-order valence-electron chi connectivity index (χ4n) is 2.20. The van der Waals surface area contributed by atoms with Crippen LogP contribution in [-0.4, -0.2) is 47.4 Å². The Labute approximate surface area is 158 Å². The van der Waals surface area contributed by atoms with Crippen molar-refractivity contribution in [1.82, 2.24) is 15.2 Å². The summed E-state index contributed by atoms with van der Waals surface area (Å²) >= 11 is 1.59. The first kappa shape index (κ1) is 19.9. The van der Waals surface area contributed by atoms with Gasteiger partial charge in [0.15, 0.2) is 6.61 Å². The number of amides is 2. The number of benzene rings is 1. The number of ether oxygens (including phenoxy) is 1. The molecule has 0 atom stereocenters. The van der Waals surface area contributed by atoms with Crippen molar-refractivity contribution in [3.05, 3.63) is 35.3 Å². The smallest absolute Gasteiger partial charge is 0.260 e. The Kier molecular flexibility index (Phi) is 6.37. The molecule has 1 N–H and O–H groups in total. The van der Waals surface area contributed by atoms with Crippen molar-refractivity contribution >= 4 is 23.2 Å². The number of hydrogen-bond acceptors (Lipinski definition) is 5. The third-order valence-corrected chi connectivity index (χ3v) is 4.41. The molecule has 0 unspecified atom stereocenters. The Morgan fingerprint density at radius 2 is 1.88 bits per heavy atom. The van der Waals surface area contributed by atoms with Crippen molar-refractivity contribution in [3.8, 4) is 16.3 Å². The zero-order valence-corrected chi connectivity index (χ0v) is 16.6. The van der Waals surface area contributed by atoms with E-state index in [-0.39, 0.29) is 30.5 Å². The van der Waals surface area contributed by atoms with Gasteiger partial charge in [0, 0.05) is 29.2 Å². The Morgan fingerprint density at radius 3 is 2.42 bits per heavy atom. The van der Waals surface area contributed by atoms with Crippen LogP contribution in [0.1, 0.15) is 26.5 Å². The third kappa shape index (κ3) is 6.15. The van der Waals surface area contributed by atoms with Crippen LogP contribution >= 0.6 is 11.3 Å². The molecule has 0 aliphatic heterocycles. The summed E-state index contributed by atoms with van der Waals surface area (Å²) in [5.41, 5.74) is 1.68. The Balaban J connectivity index is 1.84. The SMILES string of the molecule is Cc1csc(-c2ccc(OCC(=O)N(C)CC(=O)NC(C)(C)C)cc2)n1. The number of carbonyl (C=O) groups excluding carboxylic acids is 2. The molecule has 2 rings (SSSR count). The minimum Gasteiger partial charge on any atom is -0.484 e. The number of nitrogens with zero attached hydrogens (tertiary/aromatic N) is 2. The Bertz CT molecular complexity index is 763. The maximum Gasteiger partial charge on any atom is 0.260 e. The van der Waals surface area contributed by atoms with Crippen molar-refractivity contribution in [2.45, 2.75) is 33.2 Å². The summed E-state index contributed by atoms with van der Waals surface area (Å²) in [6.45, 7) is 7.53. The van der Waals surface area contributed by atoms with E-state index in [1.807, 2.05) is 57.3 Å². The molecule has 2 aromatic rings. The average Bonchev–Trinajstić information content (AvgIpc) is 2.97. The van der Waals surface area contributed by atoms with Gasteiger partial charge in [0.2, 0.25) is 5.91 Å². The van der Waals surface area contributed by atoms with Crippen molar-refractivity contribution in [1.29, 1.82) is 0 Å². The first-order valence-corrected chi connectivity index (χ1v) is 9.22. The summed E-state index contributed by atoms with van der Waals surface area (Å²) in [5.74, 6) is 0.146. The van der Waals surface area contributed by atoms with Gasteiger partial charge >= 0.3 is 0 Å². The number of rotatable bonds is 6. The molecule has 140 valence electrons. The lowest BCUT2D eigenvalue weighted by molar-refractivity contribution is -0.136. The molecule has 0 radical (unpaired) electrons. The van der Waals surface area contributed by atoms with E-state index in [0.29, 0.717) is 5.75 Å². The number of thiazole rings is 1. The fourth-order valence-corrected chi connectivity index (χ4v) is 3.00. The molecule has 0 aliphatic carbocycles. The van der Waals surface area contributed by atoms with Crippen LogP contribution in [0.5, 0.6) is 5.75 Å². The highest BCUT2D eigenvalue weighted by atomic mass is 32.1. The van der Waals surface area contributed by atoms with Crippen LogP contribution in [0.3, 0.4) is 0 Å². The van der Waals surface area contributed by atoms with E-state index in [9.17, 15) is 9.59 Å². The molecule has 2 amide bonds. The molecule has 7 heteroatoms. The molecular formula is C19H25N3O3S. The number of likely N-dealkylation sites (N-methyl/N-ethyl adjacent to an activating group) is 1. The van der Waals surface area contributed by atoms with Crippen LogP contribution < -0.4 is 10.1 Å². The van der Waals surface area contributed by atoms with Crippen LogP contribution in [0, 0.1) is 6.92 Å². The highest BCUT2D eigenvalue weighted by Crippen LogP contribution is 2.25. The second kappa shape index (κ2) is 8.31. The zero-order valence-electron chi connectivity index (χ0n) is 15.8. The Morgan fingerprint density at radius 1 is 1.23 bits per heavy atom. The van der Waals surface area contributed by atoms with Crippen molar-refractivity contribution < 1.29 is 14.3 Å². The van der Waals surface area contributed by atoms with Gasteiger partial charge in [-0.2, -0.15) is 0 Å². The monoisotopic (exact) mass is 375 g/mol. The van der Waals surface area contributed by atoms with Gasteiger partial charge in [0.05, 0.1) is 6.54 Å². The van der Waals surface area contributed by atoms with Crippen LogP contribution in [0.25, 0.3) is 10.6 Å². The van der Waals surface area contributed by atoms with Gasteiger partial charge < -0.3 is 15.0 Å². The van der Waals surface area contributed by atoms with Crippen molar-refractivity contribution in [2.75, 3.05) is 20.2 Å².